The van der Waals surface area contributed by atoms with Crippen LogP contribution < -0.4 is 5.73 Å². The lowest BCUT2D eigenvalue weighted by Gasteiger charge is -2.30. The summed E-state index contributed by atoms with van der Waals surface area (Å²) in [5.74, 6) is 1.32. The molecule has 0 atom stereocenters. The normalized spacial score (nSPS) is 26.1. The second kappa shape index (κ2) is 5.95. The molecule has 4 heteroatoms. The summed E-state index contributed by atoms with van der Waals surface area (Å²) in [6.07, 6.45) is 4.54. The molecule has 1 saturated carbocycles. The monoisotopic (exact) mass is 214 g/mol. The molecule has 0 aliphatic heterocycles. The number of rotatable bonds is 3. The summed E-state index contributed by atoms with van der Waals surface area (Å²) >= 11 is 0. The Morgan fingerprint density at radius 1 is 1.33 bits per heavy atom. The van der Waals surface area contributed by atoms with Crippen LogP contribution in [0.5, 0.6) is 0 Å². The standard InChI is InChI=1S/C11H22N2O2/c1-13(11(14)15-2)8-10-5-3-9(7-12)4-6-10/h9-10H,3-8,12H2,1-2H3. The number of hydrogen-bond donors (Lipinski definition) is 1. The number of carbonyl (C=O) groups is 1. The molecule has 0 heterocycles. The number of carbonyl (C=O) groups excluding carboxylic acids is 1. The van der Waals surface area contributed by atoms with Gasteiger partial charge in [0.15, 0.2) is 0 Å². The van der Waals surface area contributed by atoms with Gasteiger partial charge in [-0.3, -0.25) is 0 Å². The first-order valence-corrected chi connectivity index (χ1v) is 5.66. The molecule has 0 spiro atoms. The van der Waals surface area contributed by atoms with Gasteiger partial charge < -0.3 is 15.4 Å². The van der Waals surface area contributed by atoms with Crippen LogP contribution in [0.4, 0.5) is 4.79 Å². The zero-order valence-corrected chi connectivity index (χ0v) is 9.74. The molecule has 0 aromatic heterocycles. The summed E-state index contributed by atoms with van der Waals surface area (Å²) < 4.78 is 4.66. The van der Waals surface area contributed by atoms with E-state index >= 15 is 0 Å². The Morgan fingerprint density at radius 2 is 1.87 bits per heavy atom. The quantitative estimate of drug-likeness (QED) is 0.773. The van der Waals surface area contributed by atoms with Crippen LogP contribution >= 0.6 is 0 Å². The zero-order valence-electron chi connectivity index (χ0n) is 9.74. The van der Waals surface area contributed by atoms with Gasteiger partial charge in [-0.05, 0) is 44.1 Å². The smallest absolute Gasteiger partial charge is 0.409 e. The fourth-order valence-corrected chi connectivity index (χ4v) is 2.27. The molecule has 0 saturated heterocycles. The third-order valence-corrected chi connectivity index (χ3v) is 3.32. The number of hydrogen-bond acceptors (Lipinski definition) is 3. The molecule has 1 rings (SSSR count). The van der Waals surface area contributed by atoms with Crippen LogP contribution in [0, 0.1) is 11.8 Å². The highest BCUT2D eigenvalue weighted by Crippen LogP contribution is 2.28. The molecule has 15 heavy (non-hydrogen) atoms. The summed E-state index contributed by atoms with van der Waals surface area (Å²) in [4.78, 5) is 12.8. The molecule has 1 aliphatic rings. The van der Waals surface area contributed by atoms with Gasteiger partial charge in [0, 0.05) is 13.6 Å². The fraction of sp³-hybridized carbons (Fsp3) is 0.909. The predicted octanol–water partition coefficient (Wildman–Crippen LogP) is 1.45. The average Bonchev–Trinajstić information content (AvgIpc) is 2.29. The minimum atomic E-state index is -0.240. The van der Waals surface area contributed by atoms with Gasteiger partial charge in [0.2, 0.25) is 0 Å². The van der Waals surface area contributed by atoms with Crippen molar-refractivity contribution in [1.29, 1.82) is 0 Å². The lowest BCUT2D eigenvalue weighted by Crippen LogP contribution is -2.34. The summed E-state index contributed by atoms with van der Waals surface area (Å²) in [5, 5.41) is 0. The third kappa shape index (κ3) is 3.70. The average molecular weight is 214 g/mol. The van der Waals surface area contributed by atoms with Crippen molar-refractivity contribution in [3.8, 4) is 0 Å². The lowest BCUT2D eigenvalue weighted by atomic mass is 9.82. The van der Waals surface area contributed by atoms with Crippen LogP contribution in [0.15, 0.2) is 0 Å². The SMILES string of the molecule is COC(=O)N(C)CC1CCC(CN)CC1. The van der Waals surface area contributed by atoms with E-state index < -0.39 is 0 Å². The molecule has 2 N–H and O–H groups in total. The molecule has 4 nitrogen and oxygen atoms in total. The summed E-state index contributed by atoms with van der Waals surface area (Å²) in [6.45, 7) is 1.61. The van der Waals surface area contributed by atoms with E-state index in [-0.39, 0.29) is 6.09 Å². The van der Waals surface area contributed by atoms with E-state index in [1.807, 2.05) is 0 Å². The van der Waals surface area contributed by atoms with E-state index in [2.05, 4.69) is 4.74 Å². The molecule has 0 radical (unpaired) electrons. The van der Waals surface area contributed by atoms with E-state index in [1.165, 1.54) is 32.8 Å². The number of ether oxygens (including phenoxy) is 1. The maximum absolute atomic E-state index is 11.2. The van der Waals surface area contributed by atoms with E-state index in [9.17, 15) is 4.79 Å². The van der Waals surface area contributed by atoms with Crippen molar-refractivity contribution in [2.24, 2.45) is 17.6 Å². The van der Waals surface area contributed by atoms with Crippen molar-refractivity contribution in [1.82, 2.24) is 4.90 Å². The zero-order chi connectivity index (χ0) is 11.3. The van der Waals surface area contributed by atoms with E-state index in [0.717, 1.165) is 13.1 Å². The number of nitrogens with two attached hydrogens (primary N) is 1. The third-order valence-electron chi connectivity index (χ3n) is 3.32. The fourth-order valence-electron chi connectivity index (χ4n) is 2.27. The van der Waals surface area contributed by atoms with Crippen molar-refractivity contribution in [3.63, 3.8) is 0 Å². The number of nitrogens with zero attached hydrogens (tertiary/aromatic N) is 1. The van der Waals surface area contributed by atoms with Crippen LogP contribution in [0.1, 0.15) is 25.7 Å². The van der Waals surface area contributed by atoms with Gasteiger partial charge in [-0.15, -0.1) is 0 Å². The molecule has 0 aromatic rings. The van der Waals surface area contributed by atoms with Crippen molar-refractivity contribution < 1.29 is 9.53 Å². The first-order chi connectivity index (χ1) is 7.17. The second-order valence-electron chi connectivity index (χ2n) is 4.47. The van der Waals surface area contributed by atoms with Crippen LogP contribution in [0.3, 0.4) is 0 Å². The highest BCUT2D eigenvalue weighted by molar-refractivity contribution is 5.66. The van der Waals surface area contributed by atoms with E-state index in [4.69, 9.17) is 5.73 Å². The van der Waals surface area contributed by atoms with Crippen LogP contribution in [-0.2, 0) is 4.74 Å². The van der Waals surface area contributed by atoms with Crippen molar-refractivity contribution in [3.05, 3.63) is 0 Å². The maximum Gasteiger partial charge on any atom is 0.409 e. The topological polar surface area (TPSA) is 55.6 Å². The minimum Gasteiger partial charge on any atom is -0.453 e. The van der Waals surface area contributed by atoms with Gasteiger partial charge in [0.05, 0.1) is 7.11 Å². The van der Waals surface area contributed by atoms with Crippen LogP contribution in [0.2, 0.25) is 0 Å². The highest BCUT2D eigenvalue weighted by Gasteiger charge is 2.22. The number of amides is 1. The first kappa shape index (κ1) is 12.3. The molecule has 0 unspecified atom stereocenters. The predicted molar refractivity (Wildman–Crippen MR) is 59.5 cm³/mol. The Hall–Kier alpha value is -0.770. The molecule has 0 bridgehead atoms. The molecular weight excluding hydrogens is 192 g/mol. The summed E-state index contributed by atoms with van der Waals surface area (Å²) in [5.41, 5.74) is 5.64. The lowest BCUT2D eigenvalue weighted by molar-refractivity contribution is 0.120. The molecule has 1 fully saturated rings. The summed E-state index contributed by atoms with van der Waals surface area (Å²) in [7, 11) is 3.21. The van der Waals surface area contributed by atoms with Gasteiger partial charge in [-0.1, -0.05) is 0 Å². The number of methoxy groups -OCH3 is 1. The maximum atomic E-state index is 11.2. The largest absolute Gasteiger partial charge is 0.453 e. The van der Waals surface area contributed by atoms with Gasteiger partial charge in [-0.25, -0.2) is 4.79 Å². The van der Waals surface area contributed by atoms with Gasteiger partial charge in [0.25, 0.3) is 0 Å². The van der Waals surface area contributed by atoms with Crippen molar-refractivity contribution in [2.75, 3.05) is 27.2 Å². The first-order valence-electron chi connectivity index (χ1n) is 5.66. The Balaban J connectivity index is 2.26. The van der Waals surface area contributed by atoms with Crippen molar-refractivity contribution >= 4 is 6.09 Å². The molecular formula is C11H22N2O2. The van der Waals surface area contributed by atoms with E-state index in [1.54, 1.807) is 11.9 Å². The van der Waals surface area contributed by atoms with Gasteiger partial charge in [0.1, 0.15) is 0 Å². The molecule has 1 amide bonds. The Kier molecular flexibility index (Phi) is 4.88. The van der Waals surface area contributed by atoms with Crippen LogP contribution in [-0.4, -0.2) is 38.2 Å². The Morgan fingerprint density at radius 3 is 2.33 bits per heavy atom. The molecule has 88 valence electrons. The summed E-state index contributed by atoms with van der Waals surface area (Å²) in [6, 6.07) is 0. The van der Waals surface area contributed by atoms with E-state index in [0.29, 0.717) is 11.8 Å². The van der Waals surface area contributed by atoms with Gasteiger partial charge >= 0.3 is 6.09 Å². The molecule has 1 aliphatic carbocycles. The van der Waals surface area contributed by atoms with Crippen molar-refractivity contribution in [2.45, 2.75) is 25.7 Å². The second-order valence-corrected chi connectivity index (χ2v) is 4.47. The Bertz CT molecular complexity index is 201. The van der Waals surface area contributed by atoms with Crippen LogP contribution in [0.25, 0.3) is 0 Å². The highest BCUT2D eigenvalue weighted by atomic mass is 16.5. The minimum absolute atomic E-state index is 0.240. The molecule has 0 aromatic carbocycles. The van der Waals surface area contributed by atoms with Gasteiger partial charge in [-0.2, -0.15) is 0 Å². The Labute approximate surface area is 91.8 Å².